The largest absolute Gasteiger partial charge is 0.350 e. The second-order valence-corrected chi connectivity index (χ2v) is 6.45. The van der Waals surface area contributed by atoms with E-state index in [-0.39, 0.29) is 24.1 Å². The van der Waals surface area contributed by atoms with E-state index >= 15 is 0 Å². The average molecular weight is 337 g/mol. The number of carbonyl (C=O) groups is 1. The molecule has 0 aliphatic carbocycles. The van der Waals surface area contributed by atoms with Gasteiger partial charge in [0.2, 0.25) is 5.91 Å². The topological polar surface area (TPSA) is 81.8 Å². The van der Waals surface area contributed by atoms with E-state index in [0.29, 0.717) is 17.4 Å². The van der Waals surface area contributed by atoms with Crippen molar-refractivity contribution >= 4 is 16.8 Å². The van der Waals surface area contributed by atoms with E-state index in [1.807, 2.05) is 19.2 Å². The van der Waals surface area contributed by atoms with Crippen molar-refractivity contribution in [2.24, 2.45) is 0 Å². The van der Waals surface area contributed by atoms with Gasteiger partial charge in [0.25, 0.3) is 5.56 Å². The molecule has 0 spiro atoms. The van der Waals surface area contributed by atoms with Crippen molar-refractivity contribution in [3.05, 3.63) is 58.7 Å². The maximum absolute atomic E-state index is 12.5. The fraction of sp³-hybridized carbons (Fsp3) is 0.333. The van der Waals surface area contributed by atoms with Crippen LogP contribution in [0.2, 0.25) is 0 Å². The lowest BCUT2D eigenvalue weighted by atomic mass is 10.1. The number of fused-ring (bicyclic) bond motifs is 2. The van der Waals surface area contributed by atoms with Gasteiger partial charge in [-0.25, -0.2) is 9.97 Å². The fourth-order valence-corrected chi connectivity index (χ4v) is 3.35. The SMILES string of the molecule is Cc1cn2c(n1)CC[C@H](NC(=O)Cn1cnc3ccccc3c1=O)C2. The van der Waals surface area contributed by atoms with Crippen molar-refractivity contribution in [2.45, 2.75) is 38.9 Å². The molecule has 0 bridgehead atoms. The first-order chi connectivity index (χ1) is 12.1. The van der Waals surface area contributed by atoms with E-state index < -0.39 is 0 Å². The van der Waals surface area contributed by atoms with Crippen molar-refractivity contribution in [1.29, 1.82) is 0 Å². The Hall–Kier alpha value is -2.96. The van der Waals surface area contributed by atoms with E-state index in [2.05, 4.69) is 19.9 Å². The van der Waals surface area contributed by atoms with Crippen LogP contribution in [0.1, 0.15) is 17.9 Å². The molecule has 1 N–H and O–H groups in total. The Labute approximate surface area is 144 Å². The molecule has 0 saturated heterocycles. The minimum absolute atomic E-state index is 0.0248. The van der Waals surface area contributed by atoms with Crippen LogP contribution in [-0.4, -0.2) is 31.1 Å². The number of aromatic nitrogens is 4. The molecule has 1 aliphatic heterocycles. The monoisotopic (exact) mass is 337 g/mol. The molecule has 25 heavy (non-hydrogen) atoms. The lowest BCUT2D eigenvalue weighted by Gasteiger charge is -2.24. The highest BCUT2D eigenvalue weighted by molar-refractivity contribution is 5.79. The summed E-state index contributed by atoms with van der Waals surface area (Å²) in [6, 6.07) is 7.19. The smallest absolute Gasteiger partial charge is 0.261 e. The van der Waals surface area contributed by atoms with Gasteiger partial charge in [-0.2, -0.15) is 0 Å². The molecule has 0 fully saturated rings. The van der Waals surface area contributed by atoms with Gasteiger partial charge >= 0.3 is 0 Å². The van der Waals surface area contributed by atoms with Gasteiger partial charge < -0.3 is 9.88 Å². The van der Waals surface area contributed by atoms with Crippen LogP contribution < -0.4 is 10.9 Å². The zero-order valence-electron chi connectivity index (χ0n) is 14.0. The summed E-state index contributed by atoms with van der Waals surface area (Å²) >= 11 is 0. The van der Waals surface area contributed by atoms with Gasteiger partial charge in [0.1, 0.15) is 12.4 Å². The number of benzene rings is 1. The Kier molecular flexibility index (Phi) is 3.83. The molecule has 128 valence electrons. The summed E-state index contributed by atoms with van der Waals surface area (Å²) in [4.78, 5) is 33.5. The van der Waals surface area contributed by atoms with Crippen LogP contribution in [-0.2, 0) is 24.3 Å². The molecule has 1 amide bonds. The predicted molar refractivity (Wildman–Crippen MR) is 93.2 cm³/mol. The van der Waals surface area contributed by atoms with Crippen LogP contribution in [0.5, 0.6) is 0 Å². The first-order valence-electron chi connectivity index (χ1n) is 8.36. The van der Waals surface area contributed by atoms with Gasteiger partial charge in [-0.15, -0.1) is 0 Å². The maximum Gasteiger partial charge on any atom is 0.261 e. The summed E-state index contributed by atoms with van der Waals surface area (Å²) in [7, 11) is 0. The van der Waals surface area contributed by atoms with Gasteiger partial charge in [-0.3, -0.25) is 14.2 Å². The summed E-state index contributed by atoms with van der Waals surface area (Å²) in [5.41, 5.74) is 1.44. The third-order valence-electron chi connectivity index (χ3n) is 4.52. The third-order valence-corrected chi connectivity index (χ3v) is 4.52. The van der Waals surface area contributed by atoms with Crippen molar-refractivity contribution in [2.75, 3.05) is 0 Å². The van der Waals surface area contributed by atoms with Gasteiger partial charge in [-0.05, 0) is 25.5 Å². The molecule has 7 heteroatoms. The summed E-state index contributed by atoms with van der Waals surface area (Å²) in [5, 5.41) is 3.54. The van der Waals surface area contributed by atoms with Crippen molar-refractivity contribution in [3.63, 3.8) is 0 Å². The Morgan fingerprint density at radius 3 is 3.08 bits per heavy atom. The van der Waals surface area contributed by atoms with Crippen LogP contribution in [0, 0.1) is 6.92 Å². The highest BCUT2D eigenvalue weighted by atomic mass is 16.2. The highest BCUT2D eigenvalue weighted by Crippen LogP contribution is 2.15. The van der Waals surface area contributed by atoms with Gasteiger partial charge in [-0.1, -0.05) is 12.1 Å². The number of aryl methyl sites for hydroxylation is 2. The van der Waals surface area contributed by atoms with Crippen LogP contribution in [0.15, 0.2) is 41.6 Å². The fourth-order valence-electron chi connectivity index (χ4n) is 3.35. The van der Waals surface area contributed by atoms with Crippen molar-refractivity contribution in [3.8, 4) is 0 Å². The summed E-state index contributed by atoms with van der Waals surface area (Å²) in [6.07, 6.45) is 5.14. The molecule has 1 aromatic carbocycles. The predicted octanol–water partition coefficient (Wildman–Crippen LogP) is 1.03. The molecule has 0 saturated carbocycles. The van der Waals surface area contributed by atoms with E-state index in [1.54, 1.807) is 18.2 Å². The Balaban J connectivity index is 1.46. The minimum atomic E-state index is -0.197. The molecule has 1 aliphatic rings. The maximum atomic E-state index is 12.5. The number of hydrogen-bond donors (Lipinski definition) is 1. The first kappa shape index (κ1) is 15.6. The normalized spacial score (nSPS) is 16.6. The molecule has 2 aromatic heterocycles. The standard InChI is InChI=1S/C18H19N5O2/c1-12-8-22-9-13(6-7-16(22)20-12)21-17(24)10-23-11-19-15-5-3-2-4-14(15)18(23)25/h2-5,8,11,13H,6-7,9-10H2,1H3,(H,21,24)/t13-/m0/s1. The quantitative estimate of drug-likeness (QED) is 0.774. The van der Waals surface area contributed by atoms with Gasteiger partial charge in [0, 0.05) is 25.2 Å². The summed E-state index contributed by atoms with van der Waals surface area (Å²) < 4.78 is 3.45. The number of hydrogen-bond acceptors (Lipinski definition) is 4. The van der Waals surface area contributed by atoms with E-state index in [1.165, 1.54) is 10.9 Å². The molecule has 4 rings (SSSR count). The lowest BCUT2D eigenvalue weighted by Crippen LogP contribution is -2.43. The molecular weight excluding hydrogens is 318 g/mol. The Bertz CT molecular complexity index is 1000. The van der Waals surface area contributed by atoms with Crippen LogP contribution in [0.4, 0.5) is 0 Å². The van der Waals surface area contributed by atoms with Crippen LogP contribution in [0.3, 0.4) is 0 Å². The lowest BCUT2D eigenvalue weighted by molar-refractivity contribution is -0.122. The molecule has 7 nitrogen and oxygen atoms in total. The van der Waals surface area contributed by atoms with E-state index in [9.17, 15) is 9.59 Å². The van der Waals surface area contributed by atoms with Crippen molar-refractivity contribution in [1.82, 2.24) is 24.4 Å². The first-order valence-corrected chi connectivity index (χ1v) is 8.36. The molecule has 1 atom stereocenters. The van der Waals surface area contributed by atoms with Gasteiger partial charge in [0.05, 0.1) is 22.9 Å². The van der Waals surface area contributed by atoms with Crippen molar-refractivity contribution < 1.29 is 4.79 Å². The molecule has 0 radical (unpaired) electrons. The zero-order chi connectivity index (χ0) is 17.4. The number of rotatable bonds is 3. The summed E-state index contributed by atoms with van der Waals surface area (Å²) in [5.74, 6) is 0.891. The number of nitrogens with one attached hydrogen (secondary N) is 1. The van der Waals surface area contributed by atoms with E-state index in [4.69, 9.17) is 0 Å². The number of nitrogens with zero attached hydrogens (tertiary/aromatic N) is 4. The Morgan fingerprint density at radius 1 is 1.36 bits per heavy atom. The number of imidazole rings is 1. The minimum Gasteiger partial charge on any atom is -0.350 e. The zero-order valence-corrected chi connectivity index (χ0v) is 14.0. The number of carbonyl (C=O) groups excluding carboxylic acids is 1. The second-order valence-electron chi connectivity index (χ2n) is 6.45. The Morgan fingerprint density at radius 2 is 2.20 bits per heavy atom. The number of amides is 1. The average Bonchev–Trinajstić information content (AvgIpc) is 2.97. The molecule has 3 heterocycles. The summed E-state index contributed by atoms with van der Waals surface area (Å²) in [6.45, 7) is 2.66. The van der Waals surface area contributed by atoms with Crippen LogP contribution >= 0.6 is 0 Å². The van der Waals surface area contributed by atoms with Crippen LogP contribution in [0.25, 0.3) is 10.9 Å². The highest BCUT2D eigenvalue weighted by Gasteiger charge is 2.21. The molecule has 0 unspecified atom stereocenters. The third kappa shape index (κ3) is 3.05. The molecule has 3 aromatic rings. The van der Waals surface area contributed by atoms with Gasteiger partial charge in [0.15, 0.2) is 0 Å². The second kappa shape index (κ2) is 6.16. The number of para-hydroxylation sites is 1. The molecular formula is C18H19N5O2. The van der Waals surface area contributed by atoms with E-state index in [0.717, 1.165) is 24.4 Å².